The van der Waals surface area contributed by atoms with Crippen LogP contribution in [-0.4, -0.2) is 0 Å². The molecule has 0 saturated carbocycles. The van der Waals surface area contributed by atoms with Gasteiger partial charge in [0.25, 0.3) is 0 Å². The van der Waals surface area contributed by atoms with Crippen molar-refractivity contribution in [3.05, 3.63) is 29.6 Å². The van der Waals surface area contributed by atoms with E-state index in [1.165, 1.54) is 18.2 Å². The highest BCUT2D eigenvalue weighted by Crippen LogP contribution is 2.10. The molecule has 0 bridgehead atoms. The van der Waals surface area contributed by atoms with E-state index in [2.05, 4.69) is 5.92 Å². The lowest BCUT2D eigenvalue weighted by Gasteiger charge is -1.95. The molecular weight excluding hydrogens is 129 g/mol. The Balaban J connectivity index is 3.23. The van der Waals surface area contributed by atoms with E-state index in [0.717, 1.165) is 0 Å². The molecule has 1 aromatic rings. The molecule has 50 valence electrons. The minimum Gasteiger partial charge on any atom is -0.398 e. The number of terminal acetylenes is 1. The van der Waals surface area contributed by atoms with Crippen LogP contribution in [-0.2, 0) is 0 Å². The number of rotatable bonds is 0. The van der Waals surface area contributed by atoms with Crippen molar-refractivity contribution in [2.24, 2.45) is 0 Å². The van der Waals surface area contributed by atoms with Gasteiger partial charge in [0, 0.05) is 5.56 Å². The van der Waals surface area contributed by atoms with Crippen molar-refractivity contribution in [2.75, 3.05) is 5.73 Å². The second-order valence-electron chi connectivity index (χ2n) is 1.88. The predicted molar refractivity (Wildman–Crippen MR) is 38.7 cm³/mol. The molecule has 0 atom stereocenters. The largest absolute Gasteiger partial charge is 0.398 e. The standard InChI is InChI=1S/C8H6FN/c1-2-6-3-4-7(9)5-8(6)10/h1,3-5H,10H2. The first-order chi connectivity index (χ1) is 4.74. The number of hydrogen-bond acceptors (Lipinski definition) is 1. The SMILES string of the molecule is C#Cc1ccc(F)cc1N. The summed E-state index contributed by atoms with van der Waals surface area (Å²) in [6.45, 7) is 0. The molecule has 0 saturated heterocycles. The third-order valence-electron chi connectivity index (χ3n) is 1.17. The van der Waals surface area contributed by atoms with Crippen LogP contribution in [0, 0.1) is 18.2 Å². The Morgan fingerprint density at radius 3 is 2.70 bits per heavy atom. The van der Waals surface area contributed by atoms with Crippen molar-refractivity contribution in [1.29, 1.82) is 0 Å². The normalized spacial score (nSPS) is 8.80. The molecule has 0 aliphatic carbocycles. The molecule has 0 fully saturated rings. The number of hydrogen-bond donors (Lipinski definition) is 1. The van der Waals surface area contributed by atoms with Gasteiger partial charge in [-0.05, 0) is 18.2 Å². The smallest absolute Gasteiger partial charge is 0.125 e. The lowest BCUT2D eigenvalue weighted by atomic mass is 10.2. The van der Waals surface area contributed by atoms with Gasteiger partial charge in [0.15, 0.2) is 0 Å². The molecule has 1 aromatic carbocycles. The van der Waals surface area contributed by atoms with E-state index in [1.807, 2.05) is 0 Å². The predicted octanol–water partition coefficient (Wildman–Crippen LogP) is 1.39. The van der Waals surface area contributed by atoms with Crippen molar-refractivity contribution in [3.63, 3.8) is 0 Å². The quantitative estimate of drug-likeness (QED) is 0.422. The molecule has 0 radical (unpaired) electrons. The Hall–Kier alpha value is -1.49. The summed E-state index contributed by atoms with van der Waals surface area (Å²) >= 11 is 0. The van der Waals surface area contributed by atoms with Crippen LogP contribution in [0.3, 0.4) is 0 Å². The highest BCUT2D eigenvalue weighted by Gasteiger charge is 1.95. The Bertz CT molecular complexity index is 286. The highest BCUT2D eigenvalue weighted by atomic mass is 19.1. The van der Waals surface area contributed by atoms with Crippen molar-refractivity contribution in [1.82, 2.24) is 0 Å². The van der Waals surface area contributed by atoms with Gasteiger partial charge in [-0.15, -0.1) is 6.42 Å². The number of nitrogen functional groups attached to an aromatic ring is 1. The molecule has 1 nitrogen and oxygen atoms in total. The van der Waals surface area contributed by atoms with Crippen LogP contribution < -0.4 is 5.73 Å². The molecule has 0 amide bonds. The van der Waals surface area contributed by atoms with Crippen molar-refractivity contribution >= 4 is 5.69 Å². The Morgan fingerprint density at radius 2 is 2.20 bits per heavy atom. The van der Waals surface area contributed by atoms with Gasteiger partial charge in [0.05, 0.1) is 5.69 Å². The molecule has 1 rings (SSSR count). The van der Waals surface area contributed by atoms with E-state index in [0.29, 0.717) is 11.3 Å². The van der Waals surface area contributed by atoms with E-state index in [4.69, 9.17) is 12.2 Å². The summed E-state index contributed by atoms with van der Waals surface area (Å²) in [5.41, 5.74) is 6.19. The molecule has 2 heteroatoms. The van der Waals surface area contributed by atoms with Gasteiger partial charge in [0.1, 0.15) is 5.82 Å². The molecule has 0 spiro atoms. The molecule has 0 aliphatic rings. The third kappa shape index (κ3) is 1.08. The van der Waals surface area contributed by atoms with Gasteiger partial charge in [-0.25, -0.2) is 4.39 Å². The van der Waals surface area contributed by atoms with E-state index < -0.39 is 0 Å². The summed E-state index contributed by atoms with van der Waals surface area (Å²) in [5.74, 6) is 1.97. The molecule has 0 unspecified atom stereocenters. The van der Waals surface area contributed by atoms with Crippen molar-refractivity contribution < 1.29 is 4.39 Å². The lowest BCUT2D eigenvalue weighted by Crippen LogP contribution is -1.90. The maximum absolute atomic E-state index is 12.3. The molecular formula is C8H6FN. The average molecular weight is 135 g/mol. The van der Waals surface area contributed by atoms with E-state index in [9.17, 15) is 4.39 Å². The molecule has 0 aliphatic heterocycles. The second-order valence-corrected chi connectivity index (χ2v) is 1.88. The summed E-state index contributed by atoms with van der Waals surface area (Å²) in [4.78, 5) is 0. The Labute approximate surface area is 58.7 Å². The van der Waals surface area contributed by atoms with E-state index in [-0.39, 0.29) is 5.82 Å². The van der Waals surface area contributed by atoms with Gasteiger partial charge in [-0.3, -0.25) is 0 Å². The summed E-state index contributed by atoms with van der Waals surface area (Å²) in [5, 5.41) is 0. The highest BCUT2D eigenvalue weighted by molar-refractivity contribution is 5.54. The first kappa shape index (κ1) is 6.63. The third-order valence-corrected chi connectivity index (χ3v) is 1.17. The molecule has 0 aromatic heterocycles. The summed E-state index contributed by atoms with van der Waals surface area (Å²) in [6, 6.07) is 3.96. The number of anilines is 1. The first-order valence-electron chi connectivity index (χ1n) is 2.75. The van der Waals surface area contributed by atoms with Crippen LogP contribution in [0.25, 0.3) is 0 Å². The average Bonchev–Trinajstić information content (AvgIpc) is 1.88. The van der Waals surface area contributed by atoms with Crippen LogP contribution in [0.15, 0.2) is 18.2 Å². The van der Waals surface area contributed by atoms with Crippen LogP contribution in [0.4, 0.5) is 10.1 Å². The van der Waals surface area contributed by atoms with Gasteiger partial charge in [-0.2, -0.15) is 0 Å². The monoisotopic (exact) mass is 135 g/mol. The van der Waals surface area contributed by atoms with E-state index >= 15 is 0 Å². The Kier molecular flexibility index (Phi) is 1.59. The first-order valence-corrected chi connectivity index (χ1v) is 2.75. The van der Waals surface area contributed by atoms with Crippen LogP contribution in [0.2, 0.25) is 0 Å². The summed E-state index contributed by atoms with van der Waals surface area (Å²) < 4.78 is 12.3. The zero-order chi connectivity index (χ0) is 7.56. The second kappa shape index (κ2) is 2.40. The molecule has 10 heavy (non-hydrogen) atoms. The fourth-order valence-corrected chi connectivity index (χ4v) is 0.665. The van der Waals surface area contributed by atoms with Gasteiger partial charge >= 0.3 is 0 Å². The number of benzene rings is 1. The van der Waals surface area contributed by atoms with Gasteiger partial charge in [-0.1, -0.05) is 5.92 Å². The molecule has 2 N–H and O–H groups in total. The van der Waals surface area contributed by atoms with Gasteiger partial charge < -0.3 is 5.73 Å². The van der Waals surface area contributed by atoms with Crippen molar-refractivity contribution in [3.8, 4) is 12.3 Å². The molecule has 0 heterocycles. The topological polar surface area (TPSA) is 26.0 Å². The lowest BCUT2D eigenvalue weighted by molar-refractivity contribution is 0.628. The maximum atomic E-state index is 12.3. The Morgan fingerprint density at radius 1 is 1.50 bits per heavy atom. The fourth-order valence-electron chi connectivity index (χ4n) is 0.665. The maximum Gasteiger partial charge on any atom is 0.125 e. The van der Waals surface area contributed by atoms with Crippen LogP contribution >= 0.6 is 0 Å². The number of halogens is 1. The van der Waals surface area contributed by atoms with E-state index in [1.54, 1.807) is 0 Å². The minimum atomic E-state index is -0.364. The minimum absolute atomic E-state index is 0.308. The van der Waals surface area contributed by atoms with Crippen LogP contribution in [0.1, 0.15) is 5.56 Å². The summed E-state index contributed by atoms with van der Waals surface area (Å²) in [6.07, 6.45) is 5.05. The fraction of sp³-hybridized carbons (Fsp3) is 0. The van der Waals surface area contributed by atoms with Gasteiger partial charge in [0.2, 0.25) is 0 Å². The van der Waals surface area contributed by atoms with Crippen LogP contribution in [0.5, 0.6) is 0 Å². The van der Waals surface area contributed by atoms with Crippen molar-refractivity contribution in [2.45, 2.75) is 0 Å². The number of nitrogens with two attached hydrogens (primary N) is 1. The summed E-state index contributed by atoms with van der Waals surface area (Å²) in [7, 11) is 0. The zero-order valence-electron chi connectivity index (χ0n) is 5.26. The zero-order valence-corrected chi connectivity index (χ0v) is 5.26.